The summed E-state index contributed by atoms with van der Waals surface area (Å²) in [5, 5.41) is 11.2. The average Bonchev–Trinajstić information content (AvgIpc) is 2.30. The summed E-state index contributed by atoms with van der Waals surface area (Å²) in [5.74, 6) is -2.41. The first-order valence-corrected chi connectivity index (χ1v) is 5.39. The third-order valence-electron chi connectivity index (χ3n) is 2.11. The molecule has 0 fully saturated rings. The highest BCUT2D eigenvalue weighted by Gasteiger charge is 2.19. The molecule has 0 saturated carbocycles. The third kappa shape index (κ3) is 4.40. The van der Waals surface area contributed by atoms with Gasteiger partial charge in [0.1, 0.15) is 17.7 Å². The number of alkyl halides is 1. The maximum Gasteiger partial charge on any atom is 0.326 e. The van der Waals surface area contributed by atoms with Crippen LogP contribution in [0.5, 0.6) is 0 Å². The summed E-state index contributed by atoms with van der Waals surface area (Å²) in [7, 11) is 0. The minimum Gasteiger partial charge on any atom is -0.480 e. The van der Waals surface area contributed by atoms with Crippen LogP contribution in [0.3, 0.4) is 0 Å². The fourth-order valence-corrected chi connectivity index (χ4v) is 1.37. The average molecular weight is 260 g/mol. The Hall–Kier alpha value is -1.62. The van der Waals surface area contributed by atoms with Crippen molar-refractivity contribution in [3.05, 3.63) is 35.6 Å². The minimum atomic E-state index is -1.16. The molecule has 1 atom stereocenters. The maximum absolute atomic E-state index is 12.6. The normalized spacial score (nSPS) is 11.9. The lowest BCUT2D eigenvalue weighted by molar-refractivity contribution is -0.141. The van der Waals surface area contributed by atoms with Crippen LogP contribution in [0.15, 0.2) is 24.3 Å². The molecule has 1 amide bonds. The van der Waals surface area contributed by atoms with E-state index in [1.165, 1.54) is 24.3 Å². The molecule has 1 aromatic carbocycles. The minimum absolute atomic E-state index is 0.0816. The van der Waals surface area contributed by atoms with Crippen LogP contribution in [0.25, 0.3) is 0 Å². The van der Waals surface area contributed by atoms with Gasteiger partial charge >= 0.3 is 5.97 Å². The van der Waals surface area contributed by atoms with E-state index in [0.29, 0.717) is 5.56 Å². The monoisotopic (exact) mass is 259 g/mol. The smallest absolute Gasteiger partial charge is 0.326 e. The maximum atomic E-state index is 12.6. The van der Waals surface area contributed by atoms with Gasteiger partial charge in [0.25, 0.3) is 0 Å². The summed E-state index contributed by atoms with van der Waals surface area (Å²) in [5.41, 5.74) is 0.619. The van der Waals surface area contributed by atoms with Crippen molar-refractivity contribution in [2.75, 3.05) is 5.88 Å². The Balaban J connectivity index is 2.70. The number of carboxylic acid groups (broad SMARTS) is 1. The van der Waals surface area contributed by atoms with Crippen LogP contribution < -0.4 is 5.32 Å². The number of rotatable bonds is 5. The molecule has 0 aliphatic carbocycles. The van der Waals surface area contributed by atoms with E-state index < -0.39 is 23.7 Å². The third-order valence-corrected chi connectivity index (χ3v) is 2.35. The molecule has 17 heavy (non-hydrogen) atoms. The highest BCUT2D eigenvalue weighted by Crippen LogP contribution is 2.06. The van der Waals surface area contributed by atoms with Crippen molar-refractivity contribution in [3.63, 3.8) is 0 Å². The molecule has 0 unspecified atom stereocenters. The lowest BCUT2D eigenvalue weighted by atomic mass is 10.1. The van der Waals surface area contributed by atoms with Gasteiger partial charge in [-0.2, -0.15) is 0 Å². The second kappa shape index (κ2) is 6.20. The summed E-state index contributed by atoms with van der Waals surface area (Å²) in [6.07, 6.45) is 0.0816. The molecular weight excluding hydrogens is 249 g/mol. The molecule has 0 saturated heterocycles. The van der Waals surface area contributed by atoms with Crippen LogP contribution in [0.1, 0.15) is 5.56 Å². The van der Waals surface area contributed by atoms with Gasteiger partial charge in [0.15, 0.2) is 0 Å². The second-order valence-corrected chi connectivity index (χ2v) is 3.69. The Morgan fingerprint density at radius 2 is 1.94 bits per heavy atom. The number of hydrogen-bond acceptors (Lipinski definition) is 2. The Morgan fingerprint density at radius 1 is 1.35 bits per heavy atom. The second-order valence-electron chi connectivity index (χ2n) is 3.42. The molecule has 1 rings (SSSR count). The molecule has 92 valence electrons. The van der Waals surface area contributed by atoms with E-state index in [0.717, 1.165) is 0 Å². The number of carbonyl (C=O) groups excluding carboxylic acids is 1. The molecule has 0 aliphatic heterocycles. The summed E-state index contributed by atoms with van der Waals surface area (Å²) >= 11 is 5.27. The number of carbonyl (C=O) groups is 2. The van der Waals surface area contributed by atoms with Crippen molar-refractivity contribution >= 4 is 23.5 Å². The highest BCUT2D eigenvalue weighted by atomic mass is 35.5. The summed E-state index contributed by atoms with van der Waals surface area (Å²) in [6, 6.07) is 4.34. The van der Waals surface area contributed by atoms with Crippen molar-refractivity contribution in [3.8, 4) is 0 Å². The lowest BCUT2D eigenvalue weighted by Gasteiger charge is -2.13. The Bertz CT molecular complexity index is 408. The predicted molar refractivity (Wildman–Crippen MR) is 60.4 cm³/mol. The van der Waals surface area contributed by atoms with Gasteiger partial charge in [0.2, 0.25) is 5.91 Å². The van der Waals surface area contributed by atoms with Gasteiger partial charge in [-0.3, -0.25) is 4.79 Å². The van der Waals surface area contributed by atoms with E-state index in [9.17, 15) is 14.0 Å². The lowest BCUT2D eigenvalue weighted by Crippen LogP contribution is -2.42. The standard InChI is InChI=1S/C11H11ClFNO3/c12-6-10(15)14-9(11(16)17)5-7-1-3-8(13)4-2-7/h1-4,9H,5-6H2,(H,14,15)(H,16,17)/t9-/m1/s1. The predicted octanol–water partition coefficient (Wildman–Crippen LogP) is 1.18. The fourth-order valence-electron chi connectivity index (χ4n) is 1.29. The molecule has 0 spiro atoms. The van der Waals surface area contributed by atoms with Gasteiger partial charge in [0.05, 0.1) is 0 Å². The van der Waals surface area contributed by atoms with Crippen molar-refractivity contribution in [2.24, 2.45) is 0 Å². The Labute approximate surface area is 102 Å². The largest absolute Gasteiger partial charge is 0.480 e. The van der Waals surface area contributed by atoms with Crippen LogP contribution in [0, 0.1) is 5.82 Å². The van der Waals surface area contributed by atoms with Crippen molar-refractivity contribution in [1.82, 2.24) is 5.32 Å². The molecule has 1 aromatic rings. The first-order valence-electron chi connectivity index (χ1n) is 4.85. The first kappa shape index (κ1) is 13.4. The van der Waals surface area contributed by atoms with Crippen molar-refractivity contribution in [1.29, 1.82) is 0 Å². The zero-order valence-corrected chi connectivity index (χ0v) is 9.58. The number of hydrogen-bond donors (Lipinski definition) is 2. The van der Waals surface area contributed by atoms with Crippen LogP contribution in [0.4, 0.5) is 4.39 Å². The molecule has 0 aromatic heterocycles. The van der Waals surface area contributed by atoms with Crippen LogP contribution >= 0.6 is 11.6 Å². The van der Waals surface area contributed by atoms with Crippen molar-refractivity contribution < 1.29 is 19.1 Å². The molecule has 4 nitrogen and oxygen atoms in total. The molecular formula is C11H11ClFNO3. The summed E-state index contributed by atoms with van der Waals surface area (Å²) in [6.45, 7) is 0. The number of halogens is 2. The van der Waals surface area contributed by atoms with E-state index >= 15 is 0 Å². The van der Waals surface area contributed by atoms with Crippen LogP contribution in [0.2, 0.25) is 0 Å². The van der Waals surface area contributed by atoms with Gasteiger partial charge in [-0.25, -0.2) is 9.18 Å². The number of benzene rings is 1. The van der Waals surface area contributed by atoms with Gasteiger partial charge in [-0.1, -0.05) is 12.1 Å². The molecule has 0 bridgehead atoms. The molecule has 0 radical (unpaired) electrons. The van der Waals surface area contributed by atoms with E-state index in [4.69, 9.17) is 16.7 Å². The molecule has 2 N–H and O–H groups in total. The number of amides is 1. The number of nitrogens with one attached hydrogen (secondary N) is 1. The first-order chi connectivity index (χ1) is 8.02. The van der Waals surface area contributed by atoms with Crippen LogP contribution in [-0.2, 0) is 16.0 Å². The highest BCUT2D eigenvalue weighted by molar-refractivity contribution is 6.27. The number of carboxylic acids is 1. The molecule has 6 heteroatoms. The zero-order chi connectivity index (χ0) is 12.8. The van der Waals surface area contributed by atoms with Gasteiger partial charge in [-0.15, -0.1) is 11.6 Å². The van der Waals surface area contributed by atoms with E-state index in [2.05, 4.69) is 5.32 Å². The summed E-state index contributed by atoms with van der Waals surface area (Å²) in [4.78, 5) is 21.9. The molecule has 0 heterocycles. The topological polar surface area (TPSA) is 66.4 Å². The van der Waals surface area contributed by atoms with E-state index in [1.807, 2.05) is 0 Å². The quantitative estimate of drug-likeness (QED) is 0.781. The molecule has 0 aliphatic rings. The van der Waals surface area contributed by atoms with E-state index in [-0.39, 0.29) is 12.3 Å². The summed E-state index contributed by atoms with van der Waals surface area (Å²) < 4.78 is 12.6. The SMILES string of the molecule is O=C(CCl)N[C@H](Cc1ccc(F)cc1)C(=O)O. The number of aliphatic carboxylic acids is 1. The zero-order valence-electron chi connectivity index (χ0n) is 8.82. The van der Waals surface area contributed by atoms with E-state index in [1.54, 1.807) is 0 Å². The van der Waals surface area contributed by atoms with Crippen molar-refractivity contribution in [2.45, 2.75) is 12.5 Å². The Morgan fingerprint density at radius 3 is 2.41 bits per heavy atom. The van der Waals surface area contributed by atoms with Gasteiger partial charge < -0.3 is 10.4 Å². The fraction of sp³-hybridized carbons (Fsp3) is 0.273. The van der Waals surface area contributed by atoms with Crippen LogP contribution in [-0.4, -0.2) is 28.9 Å². The van der Waals surface area contributed by atoms with Gasteiger partial charge in [0, 0.05) is 6.42 Å². The van der Waals surface area contributed by atoms with Gasteiger partial charge in [-0.05, 0) is 17.7 Å². The Kier molecular flexibility index (Phi) is 4.90.